The number of Topliss-reactive ketones (excluding diaryl/α,β-unsaturated/α-hetero) is 2. The van der Waals surface area contributed by atoms with Crippen LogP contribution in [0.15, 0.2) is 181 Å². The Balaban J connectivity index is 1.33. The van der Waals surface area contributed by atoms with E-state index in [-0.39, 0.29) is 16.6 Å². The molecule has 0 saturated carbocycles. The first-order chi connectivity index (χ1) is 23.3. The van der Waals surface area contributed by atoms with Crippen LogP contribution in [-0.2, 0) is 0 Å². The third kappa shape index (κ3) is 6.90. The Morgan fingerprint density at radius 3 is 1.19 bits per heavy atom. The SMILES string of the molecule is C=C(C)C(=O)c1cccc(N(c2ccccc2)c2ccc(-c3ccc(N(c4ccccc4)c4cccc(C(=O)C(=C)Cl)c4)cc3)cc2)c1. The molecule has 0 atom stereocenters. The summed E-state index contributed by atoms with van der Waals surface area (Å²) >= 11 is 5.95. The second-order valence-corrected chi connectivity index (χ2v) is 11.8. The van der Waals surface area contributed by atoms with Gasteiger partial charge in [0.05, 0.1) is 5.03 Å². The third-order valence-electron chi connectivity index (χ3n) is 7.98. The maximum Gasteiger partial charge on any atom is 0.203 e. The Hall–Kier alpha value is -5.97. The van der Waals surface area contributed by atoms with Gasteiger partial charge in [0.1, 0.15) is 0 Å². The quantitative estimate of drug-likeness (QED) is 0.104. The lowest BCUT2D eigenvalue weighted by Crippen LogP contribution is -2.11. The van der Waals surface area contributed by atoms with Gasteiger partial charge in [0, 0.05) is 45.3 Å². The minimum Gasteiger partial charge on any atom is -0.310 e. The van der Waals surface area contributed by atoms with E-state index in [1.165, 1.54) is 0 Å². The molecule has 5 heteroatoms. The first-order valence-electron chi connectivity index (χ1n) is 15.5. The molecule has 0 aromatic heterocycles. The van der Waals surface area contributed by atoms with E-state index in [0.717, 1.165) is 45.3 Å². The van der Waals surface area contributed by atoms with Crippen LogP contribution in [0, 0.1) is 0 Å². The zero-order chi connectivity index (χ0) is 33.6. The van der Waals surface area contributed by atoms with Gasteiger partial charge in [0.2, 0.25) is 5.78 Å². The van der Waals surface area contributed by atoms with Crippen LogP contribution in [0.2, 0.25) is 0 Å². The number of anilines is 6. The highest BCUT2D eigenvalue weighted by Crippen LogP contribution is 2.38. The average Bonchev–Trinajstić information content (AvgIpc) is 3.13. The Morgan fingerprint density at radius 2 is 0.812 bits per heavy atom. The van der Waals surface area contributed by atoms with E-state index in [1.54, 1.807) is 13.0 Å². The molecule has 0 unspecified atom stereocenters. The summed E-state index contributed by atoms with van der Waals surface area (Å²) in [5, 5.41) is -0.0212. The zero-order valence-corrected chi connectivity index (χ0v) is 27.3. The highest BCUT2D eigenvalue weighted by Gasteiger charge is 2.17. The van der Waals surface area contributed by atoms with Crippen LogP contribution in [0.4, 0.5) is 34.1 Å². The van der Waals surface area contributed by atoms with Gasteiger partial charge in [-0.1, -0.05) is 110 Å². The fourth-order valence-electron chi connectivity index (χ4n) is 5.63. The Kier molecular flexibility index (Phi) is 9.47. The zero-order valence-electron chi connectivity index (χ0n) is 26.5. The molecule has 0 spiro atoms. The van der Waals surface area contributed by atoms with Crippen LogP contribution in [-0.4, -0.2) is 11.6 Å². The van der Waals surface area contributed by atoms with Crippen molar-refractivity contribution in [3.05, 3.63) is 193 Å². The molecular formula is C43H33ClN2O2. The van der Waals surface area contributed by atoms with Gasteiger partial charge >= 0.3 is 0 Å². The molecule has 6 aromatic carbocycles. The Morgan fingerprint density at radius 1 is 0.458 bits per heavy atom. The molecule has 0 aliphatic heterocycles. The van der Waals surface area contributed by atoms with Crippen molar-refractivity contribution >= 4 is 57.3 Å². The van der Waals surface area contributed by atoms with E-state index in [1.807, 2.05) is 91.0 Å². The average molecular weight is 645 g/mol. The lowest BCUT2D eigenvalue weighted by molar-refractivity contribution is 0.103. The molecule has 4 nitrogen and oxygen atoms in total. The van der Waals surface area contributed by atoms with E-state index < -0.39 is 0 Å². The number of allylic oxidation sites excluding steroid dienone is 2. The predicted octanol–water partition coefficient (Wildman–Crippen LogP) is 12.0. The lowest BCUT2D eigenvalue weighted by atomic mass is 10.0. The van der Waals surface area contributed by atoms with Crippen LogP contribution in [0.3, 0.4) is 0 Å². The van der Waals surface area contributed by atoms with Gasteiger partial charge < -0.3 is 9.80 Å². The topological polar surface area (TPSA) is 40.6 Å². The molecule has 0 fully saturated rings. The third-order valence-corrected chi connectivity index (χ3v) is 8.15. The van der Waals surface area contributed by atoms with Gasteiger partial charge in [0.25, 0.3) is 0 Å². The highest BCUT2D eigenvalue weighted by atomic mass is 35.5. The predicted molar refractivity (Wildman–Crippen MR) is 200 cm³/mol. The van der Waals surface area contributed by atoms with Crippen LogP contribution in [0.1, 0.15) is 27.6 Å². The molecule has 48 heavy (non-hydrogen) atoms. The number of para-hydroxylation sites is 2. The van der Waals surface area contributed by atoms with E-state index in [2.05, 4.69) is 83.6 Å². The molecule has 0 aliphatic carbocycles. The van der Waals surface area contributed by atoms with Gasteiger partial charge in [-0.2, -0.15) is 0 Å². The van der Waals surface area contributed by atoms with Crippen molar-refractivity contribution in [2.45, 2.75) is 6.92 Å². The molecule has 0 saturated heterocycles. The van der Waals surface area contributed by atoms with Crippen LogP contribution in [0.25, 0.3) is 11.1 Å². The van der Waals surface area contributed by atoms with Crippen molar-refractivity contribution in [3.63, 3.8) is 0 Å². The normalized spacial score (nSPS) is 10.6. The van der Waals surface area contributed by atoms with Crippen molar-refractivity contribution in [2.24, 2.45) is 0 Å². The fraction of sp³-hybridized carbons (Fsp3) is 0.0233. The van der Waals surface area contributed by atoms with Gasteiger partial charge in [-0.3, -0.25) is 9.59 Å². The molecule has 6 rings (SSSR count). The second-order valence-electron chi connectivity index (χ2n) is 11.4. The molecule has 0 radical (unpaired) electrons. The van der Waals surface area contributed by atoms with Crippen molar-refractivity contribution in [2.75, 3.05) is 9.80 Å². The van der Waals surface area contributed by atoms with E-state index in [0.29, 0.717) is 16.7 Å². The van der Waals surface area contributed by atoms with Crippen molar-refractivity contribution in [3.8, 4) is 11.1 Å². The number of carbonyl (C=O) groups excluding carboxylic acids is 2. The summed E-state index contributed by atoms with van der Waals surface area (Å²) in [5.74, 6) is -0.374. The summed E-state index contributed by atoms with van der Waals surface area (Å²) in [7, 11) is 0. The van der Waals surface area contributed by atoms with Gasteiger partial charge in [-0.05, 0) is 96.4 Å². The number of hydrogen-bond acceptors (Lipinski definition) is 4. The van der Waals surface area contributed by atoms with Gasteiger partial charge in [-0.15, -0.1) is 0 Å². The van der Waals surface area contributed by atoms with E-state index in [9.17, 15) is 9.59 Å². The number of halogens is 1. The molecule has 0 heterocycles. The van der Waals surface area contributed by atoms with Gasteiger partial charge in [0.15, 0.2) is 5.78 Å². The number of rotatable bonds is 11. The highest BCUT2D eigenvalue weighted by molar-refractivity contribution is 6.44. The van der Waals surface area contributed by atoms with Crippen molar-refractivity contribution < 1.29 is 9.59 Å². The fourth-order valence-corrected chi connectivity index (χ4v) is 5.74. The first kappa shape index (κ1) is 32.0. The molecular weight excluding hydrogens is 612 g/mol. The maximum atomic E-state index is 12.7. The molecule has 6 aromatic rings. The molecule has 234 valence electrons. The maximum absolute atomic E-state index is 12.7. The largest absolute Gasteiger partial charge is 0.310 e. The number of benzene rings is 6. The Bertz CT molecular complexity index is 1950. The smallest absolute Gasteiger partial charge is 0.203 e. The Labute approximate surface area is 286 Å². The minimum absolute atomic E-state index is 0.0212. The summed E-state index contributed by atoms with van der Waals surface area (Å²) in [5.41, 5.74) is 9.25. The van der Waals surface area contributed by atoms with Crippen LogP contribution >= 0.6 is 11.6 Å². The van der Waals surface area contributed by atoms with Crippen LogP contribution in [0.5, 0.6) is 0 Å². The number of ketones is 2. The monoisotopic (exact) mass is 644 g/mol. The molecule has 0 aliphatic rings. The summed E-state index contributed by atoms with van der Waals surface area (Å²) in [6.45, 7) is 9.17. The summed E-state index contributed by atoms with van der Waals surface area (Å²) < 4.78 is 0. The first-order valence-corrected chi connectivity index (χ1v) is 15.9. The van der Waals surface area contributed by atoms with Crippen LogP contribution < -0.4 is 9.80 Å². The lowest BCUT2D eigenvalue weighted by Gasteiger charge is -2.26. The van der Waals surface area contributed by atoms with E-state index in [4.69, 9.17) is 11.6 Å². The second kappa shape index (κ2) is 14.2. The molecule has 0 amide bonds. The summed E-state index contributed by atoms with van der Waals surface area (Å²) in [6.07, 6.45) is 0. The summed E-state index contributed by atoms with van der Waals surface area (Å²) in [6, 6.07) is 51.9. The van der Waals surface area contributed by atoms with Gasteiger partial charge in [-0.25, -0.2) is 0 Å². The summed E-state index contributed by atoms with van der Waals surface area (Å²) in [4.78, 5) is 29.6. The number of carbonyl (C=O) groups is 2. The van der Waals surface area contributed by atoms with Crippen molar-refractivity contribution in [1.82, 2.24) is 0 Å². The minimum atomic E-state index is -0.302. The van der Waals surface area contributed by atoms with E-state index >= 15 is 0 Å². The number of hydrogen-bond donors (Lipinski definition) is 0. The molecule has 0 N–H and O–H groups in total. The molecule has 0 bridgehead atoms. The van der Waals surface area contributed by atoms with Crippen molar-refractivity contribution in [1.29, 1.82) is 0 Å². The standard InChI is InChI=1S/C43H33ClN2O2/c1-30(2)42(47)34-12-10-18-40(28-34)45(36-14-6-4-7-15-36)38-24-20-32(21-25-38)33-22-26-39(27-23-33)46(37-16-8-5-9-17-37)41-19-11-13-35(29-41)43(48)31(3)44/h4-29H,1,3H2,2H3. The number of nitrogens with zero attached hydrogens (tertiary/aromatic N) is 2.